The maximum atomic E-state index is 5.75. The van der Waals surface area contributed by atoms with E-state index in [1.54, 1.807) is 0 Å². The molecule has 4 aliphatic carbocycles. The van der Waals surface area contributed by atoms with Gasteiger partial charge in [-0.1, -0.05) is 0 Å². The van der Waals surface area contributed by atoms with Gasteiger partial charge in [0.1, 0.15) is 5.82 Å². The van der Waals surface area contributed by atoms with E-state index in [0.29, 0.717) is 6.54 Å². The number of nitrogens with two attached hydrogens (primary N) is 1. The second-order valence-corrected chi connectivity index (χ2v) is 7.42. The molecule has 5 rings (SSSR count). The molecule has 0 aromatic carbocycles. The molecule has 4 saturated carbocycles. The minimum absolute atomic E-state index is 0.526. The summed E-state index contributed by atoms with van der Waals surface area (Å²) in [5, 5.41) is 0. The Balaban J connectivity index is 1.55. The first kappa shape index (κ1) is 12.8. The van der Waals surface area contributed by atoms with E-state index in [9.17, 15) is 0 Å². The van der Waals surface area contributed by atoms with Crippen molar-refractivity contribution >= 4 is 0 Å². The molecule has 20 heavy (non-hydrogen) atoms. The van der Waals surface area contributed by atoms with E-state index >= 15 is 0 Å². The van der Waals surface area contributed by atoms with Crippen molar-refractivity contribution in [3.8, 4) is 0 Å². The Hall–Kier alpha value is -0.960. The van der Waals surface area contributed by atoms with Crippen molar-refractivity contribution < 1.29 is 0 Å². The Kier molecular flexibility index (Phi) is 3.06. The van der Waals surface area contributed by atoms with Crippen molar-refractivity contribution in [1.29, 1.82) is 0 Å². The summed E-state index contributed by atoms with van der Waals surface area (Å²) in [6.07, 6.45) is 8.53. The van der Waals surface area contributed by atoms with Crippen LogP contribution in [0.5, 0.6) is 0 Å². The van der Waals surface area contributed by atoms with Crippen LogP contribution < -0.4 is 5.73 Å². The van der Waals surface area contributed by atoms with Gasteiger partial charge in [0.25, 0.3) is 0 Å². The lowest BCUT2D eigenvalue weighted by molar-refractivity contribution is -0.0367. The second kappa shape index (κ2) is 4.80. The Morgan fingerprint density at radius 2 is 1.70 bits per heavy atom. The van der Waals surface area contributed by atoms with Gasteiger partial charge in [-0.2, -0.15) is 0 Å². The summed E-state index contributed by atoms with van der Waals surface area (Å²) >= 11 is 0. The van der Waals surface area contributed by atoms with Crippen LogP contribution >= 0.6 is 0 Å². The van der Waals surface area contributed by atoms with E-state index in [0.717, 1.165) is 53.2 Å². The van der Waals surface area contributed by atoms with Crippen molar-refractivity contribution in [2.75, 3.05) is 0 Å². The fourth-order valence-corrected chi connectivity index (χ4v) is 5.48. The molecule has 4 bridgehead atoms. The summed E-state index contributed by atoms with van der Waals surface area (Å²) in [4.78, 5) is 9.33. The molecule has 3 heteroatoms. The molecule has 1 heterocycles. The van der Waals surface area contributed by atoms with Crippen molar-refractivity contribution in [3.05, 3.63) is 23.3 Å². The van der Waals surface area contributed by atoms with Gasteiger partial charge in [0.2, 0.25) is 0 Å². The quantitative estimate of drug-likeness (QED) is 0.919. The molecule has 1 aromatic rings. The third-order valence-corrected chi connectivity index (χ3v) is 6.00. The normalized spacial score (nSPS) is 38.4. The molecular weight excluding hydrogens is 246 g/mol. The molecule has 0 saturated heterocycles. The first-order valence-electron chi connectivity index (χ1n) is 8.24. The van der Waals surface area contributed by atoms with Crippen molar-refractivity contribution in [1.82, 2.24) is 9.97 Å². The van der Waals surface area contributed by atoms with Gasteiger partial charge < -0.3 is 5.73 Å². The van der Waals surface area contributed by atoms with Crippen LogP contribution in [-0.4, -0.2) is 9.97 Å². The highest BCUT2D eigenvalue weighted by Crippen LogP contribution is 2.57. The minimum atomic E-state index is 0.526. The molecule has 3 nitrogen and oxygen atoms in total. The molecule has 108 valence electrons. The lowest BCUT2D eigenvalue weighted by atomic mass is 9.51. The summed E-state index contributed by atoms with van der Waals surface area (Å²) in [7, 11) is 0. The predicted molar refractivity (Wildman–Crippen MR) is 78.9 cm³/mol. The minimum Gasteiger partial charge on any atom is -0.325 e. The number of hydrogen-bond donors (Lipinski definition) is 1. The first-order valence-corrected chi connectivity index (χ1v) is 8.24. The molecule has 0 amide bonds. The van der Waals surface area contributed by atoms with E-state index in [4.69, 9.17) is 5.73 Å². The van der Waals surface area contributed by atoms with Gasteiger partial charge in [-0.3, -0.25) is 0 Å². The van der Waals surface area contributed by atoms with E-state index in [1.807, 2.05) is 6.07 Å². The first-order chi connectivity index (χ1) is 9.71. The Morgan fingerprint density at radius 3 is 2.30 bits per heavy atom. The molecule has 4 fully saturated rings. The average Bonchev–Trinajstić information content (AvgIpc) is 2.41. The predicted octanol–water partition coefficient (Wildman–Crippen LogP) is 2.86. The van der Waals surface area contributed by atoms with Crippen LogP contribution in [0.4, 0.5) is 0 Å². The average molecular weight is 271 g/mol. The molecule has 1 aromatic heterocycles. The molecule has 0 unspecified atom stereocenters. The number of nitrogens with zero attached hydrogens (tertiary/aromatic N) is 2. The van der Waals surface area contributed by atoms with Crippen LogP contribution in [0.15, 0.2) is 6.07 Å². The van der Waals surface area contributed by atoms with Crippen LogP contribution in [0.3, 0.4) is 0 Å². The van der Waals surface area contributed by atoms with Crippen LogP contribution in [0.1, 0.15) is 49.3 Å². The fraction of sp³-hybridized carbons (Fsp3) is 0.765. The molecular formula is C17H25N3. The highest BCUT2D eigenvalue weighted by atomic mass is 14.9. The third kappa shape index (κ3) is 2.16. The maximum absolute atomic E-state index is 5.75. The largest absolute Gasteiger partial charge is 0.325 e. The van der Waals surface area contributed by atoms with Gasteiger partial charge in [-0.25, -0.2) is 9.97 Å². The summed E-state index contributed by atoms with van der Waals surface area (Å²) in [6, 6.07) is 2.01. The number of hydrogen-bond acceptors (Lipinski definition) is 3. The number of rotatable bonds is 3. The number of aryl methyl sites for hydroxylation is 1. The van der Waals surface area contributed by atoms with E-state index in [2.05, 4.69) is 16.9 Å². The molecule has 0 atom stereocenters. The van der Waals surface area contributed by atoms with Gasteiger partial charge >= 0.3 is 0 Å². The van der Waals surface area contributed by atoms with Crippen LogP contribution in [0.2, 0.25) is 0 Å². The van der Waals surface area contributed by atoms with Gasteiger partial charge in [0.05, 0.1) is 5.69 Å². The number of aromatic nitrogens is 2. The smallest absolute Gasteiger partial charge is 0.129 e. The molecule has 2 N–H and O–H groups in total. The molecule has 0 spiro atoms. The molecule has 4 aliphatic rings. The van der Waals surface area contributed by atoms with Crippen LogP contribution in [0, 0.1) is 36.5 Å². The van der Waals surface area contributed by atoms with Crippen LogP contribution in [-0.2, 0) is 13.0 Å². The van der Waals surface area contributed by atoms with Crippen molar-refractivity contribution in [3.63, 3.8) is 0 Å². The Morgan fingerprint density at radius 1 is 1.05 bits per heavy atom. The zero-order chi connectivity index (χ0) is 13.7. The second-order valence-electron chi connectivity index (χ2n) is 7.42. The highest BCUT2D eigenvalue weighted by Gasteiger charge is 2.48. The fourth-order valence-electron chi connectivity index (χ4n) is 5.48. The van der Waals surface area contributed by atoms with E-state index in [-0.39, 0.29) is 0 Å². The van der Waals surface area contributed by atoms with Gasteiger partial charge in [-0.15, -0.1) is 0 Å². The Bertz CT molecular complexity index is 483. The monoisotopic (exact) mass is 271 g/mol. The van der Waals surface area contributed by atoms with Gasteiger partial charge in [0.15, 0.2) is 0 Å². The lowest BCUT2D eigenvalue weighted by Gasteiger charge is -2.54. The molecule has 0 aliphatic heterocycles. The SMILES string of the molecule is Cc1cc(CN)nc(CC2C3CC4CC(C3)CC2C4)n1. The summed E-state index contributed by atoms with van der Waals surface area (Å²) in [6.45, 7) is 2.58. The van der Waals surface area contributed by atoms with Gasteiger partial charge in [0, 0.05) is 18.7 Å². The Labute approximate surface area is 121 Å². The van der Waals surface area contributed by atoms with Crippen molar-refractivity contribution in [2.45, 2.75) is 52.0 Å². The standard InChI is InChI=1S/C17H25N3/c1-10-2-15(9-18)20-17(19-10)8-16-13-4-11-3-12(6-13)7-14(16)5-11/h2,11-14,16H,3-9,18H2,1H3. The summed E-state index contributed by atoms with van der Waals surface area (Å²) < 4.78 is 0. The third-order valence-electron chi connectivity index (χ3n) is 6.00. The summed E-state index contributed by atoms with van der Waals surface area (Å²) in [5.74, 6) is 5.89. The highest BCUT2D eigenvalue weighted by molar-refractivity contribution is 5.11. The zero-order valence-corrected chi connectivity index (χ0v) is 12.4. The molecule has 0 radical (unpaired) electrons. The topological polar surface area (TPSA) is 51.8 Å². The summed E-state index contributed by atoms with van der Waals surface area (Å²) in [5.41, 5.74) is 7.81. The van der Waals surface area contributed by atoms with E-state index in [1.165, 1.54) is 32.1 Å². The van der Waals surface area contributed by atoms with Crippen LogP contribution in [0.25, 0.3) is 0 Å². The van der Waals surface area contributed by atoms with Gasteiger partial charge in [-0.05, 0) is 74.7 Å². The van der Waals surface area contributed by atoms with Crippen molar-refractivity contribution in [2.24, 2.45) is 35.3 Å². The lowest BCUT2D eigenvalue weighted by Crippen LogP contribution is -2.45. The zero-order valence-electron chi connectivity index (χ0n) is 12.4. The van der Waals surface area contributed by atoms with E-state index < -0.39 is 0 Å². The maximum Gasteiger partial charge on any atom is 0.129 e.